The van der Waals surface area contributed by atoms with Crippen LogP contribution in [0, 0.1) is 0 Å². The van der Waals surface area contributed by atoms with Crippen LogP contribution in [0.5, 0.6) is 0 Å². The van der Waals surface area contributed by atoms with Gasteiger partial charge in [0, 0.05) is 18.6 Å². The quantitative estimate of drug-likeness (QED) is 0.415. The van der Waals surface area contributed by atoms with E-state index in [0.717, 1.165) is 16.6 Å². The molecule has 0 fully saturated rings. The minimum absolute atomic E-state index is 0.341. The number of rotatable bonds is 2. The third kappa shape index (κ3) is 1.92. The van der Waals surface area contributed by atoms with Gasteiger partial charge in [0.1, 0.15) is 0 Å². The van der Waals surface area contributed by atoms with Crippen molar-refractivity contribution in [2.75, 3.05) is 0 Å². The van der Waals surface area contributed by atoms with E-state index < -0.39 is 0 Å². The van der Waals surface area contributed by atoms with Gasteiger partial charge in [-0.05, 0) is 18.2 Å². The number of nitrogens with one attached hydrogen (secondary N) is 1. The Balaban J connectivity index is 2.31. The topological polar surface area (TPSA) is 85.8 Å². The second-order valence-corrected chi connectivity index (χ2v) is 4.39. The van der Waals surface area contributed by atoms with Gasteiger partial charge in [-0.15, -0.1) is 0 Å². The largest absolute Gasteiger partial charge is 0.290 e. The van der Waals surface area contributed by atoms with Crippen molar-refractivity contribution in [1.82, 2.24) is 20.2 Å². The Hall–Kier alpha value is -2.73. The van der Waals surface area contributed by atoms with Gasteiger partial charge in [-0.25, -0.2) is 10.8 Å². The van der Waals surface area contributed by atoms with E-state index in [-0.39, 0.29) is 5.91 Å². The molecule has 0 spiro atoms. The molecular formula is C14H13N5O. The number of fused-ring (bicyclic) bond motifs is 1. The molecule has 0 atom stereocenters. The zero-order valence-corrected chi connectivity index (χ0v) is 10.9. The number of hydrazine groups is 1. The van der Waals surface area contributed by atoms with E-state index in [1.807, 2.05) is 37.4 Å². The zero-order valence-electron chi connectivity index (χ0n) is 10.9. The maximum Gasteiger partial charge on any atom is 0.265 e. The van der Waals surface area contributed by atoms with Crippen LogP contribution in [-0.4, -0.2) is 20.7 Å². The Labute approximate surface area is 115 Å². The molecule has 0 saturated heterocycles. The summed E-state index contributed by atoms with van der Waals surface area (Å²) in [5.41, 5.74) is 4.92. The van der Waals surface area contributed by atoms with E-state index >= 15 is 0 Å². The van der Waals surface area contributed by atoms with Crippen molar-refractivity contribution in [3.05, 3.63) is 48.2 Å². The molecule has 0 aliphatic heterocycles. The van der Waals surface area contributed by atoms with Crippen molar-refractivity contribution in [2.24, 2.45) is 12.9 Å². The third-order valence-electron chi connectivity index (χ3n) is 3.18. The Morgan fingerprint density at radius 2 is 2.10 bits per heavy atom. The van der Waals surface area contributed by atoms with Crippen molar-refractivity contribution in [3.8, 4) is 11.4 Å². The maximum absolute atomic E-state index is 11.9. The summed E-state index contributed by atoms with van der Waals surface area (Å²) < 4.78 is 1.71. The number of nitrogens with two attached hydrogens (primary N) is 1. The SMILES string of the molecule is Cn1nccc1-c1cc(C(=O)NN)c2ccccc2n1. The first-order valence-corrected chi connectivity index (χ1v) is 6.10. The first-order chi connectivity index (χ1) is 9.70. The standard InChI is InChI=1S/C14H13N5O/c1-19-13(6-7-16-19)12-8-10(14(20)18-15)9-4-2-3-5-11(9)17-12/h2-8H,15H2,1H3,(H,18,20). The van der Waals surface area contributed by atoms with Crippen molar-refractivity contribution >= 4 is 16.8 Å². The number of aromatic nitrogens is 3. The van der Waals surface area contributed by atoms with E-state index in [0.29, 0.717) is 11.3 Å². The van der Waals surface area contributed by atoms with Gasteiger partial charge >= 0.3 is 0 Å². The van der Waals surface area contributed by atoms with E-state index in [2.05, 4.69) is 15.5 Å². The van der Waals surface area contributed by atoms with Crippen molar-refractivity contribution in [2.45, 2.75) is 0 Å². The fourth-order valence-corrected chi connectivity index (χ4v) is 2.20. The van der Waals surface area contributed by atoms with E-state index in [9.17, 15) is 4.79 Å². The maximum atomic E-state index is 11.9. The number of nitrogens with zero attached hydrogens (tertiary/aromatic N) is 3. The number of nitrogen functional groups attached to an aromatic ring is 1. The lowest BCUT2D eigenvalue weighted by Gasteiger charge is -2.08. The number of hydrogen-bond acceptors (Lipinski definition) is 4. The van der Waals surface area contributed by atoms with Gasteiger partial charge in [0.15, 0.2) is 0 Å². The van der Waals surface area contributed by atoms with E-state index in [1.54, 1.807) is 16.9 Å². The summed E-state index contributed by atoms with van der Waals surface area (Å²) in [4.78, 5) is 16.5. The van der Waals surface area contributed by atoms with Gasteiger partial charge in [-0.2, -0.15) is 5.10 Å². The molecule has 3 N–H and O–H groups in total. The average Bonchev–Trinajstić information content (AvgIpc) is 2.91. The molecule has 6 nitrogen and oxygen atoms in total. The predicted octanol–water partition coefficient (Wildman–Crippen LogP) is 1.24. The smallest absolute Gasteiger partial charge is 0.265 e. The highest BCUT2D eigenvalue weighted by molar-refractivity contribution is 6.06. The van der Waals surface area contributed by atoms with Crippen molar-refractivity contribution in [3.63, 3.8) is 0 Å². The van der Waals surface area contributed by atoms with Gasteiger partial charge in [0.05, 0.1) is 22.5 Å². The summed E-state index contributed by atoms with van der Waals surface area (Å²) in [5, 5.41) is 4.88. The molecule has 0 bridgehead atoms. The zero-order chi connectivity index (χ0) is 14.1. The number of pyridine rings is 1. The number of carbonyl (C=O) groups is 1. The lowest BCUT2D eigenvalue weighted by atomic mass is 10.1. The van der Waals surface area contributed by atoms with Crippen LogP contribution in [0.2, 0.25) is 0 Å². The van der Waals surface area contributed by atoms with Gasteiger partial charge < -0.3 is 0 Å². The molecule has 0 radical (unpaired) electrons. The summed E-state index contributed by atoms with van der Waals surface area (Å²) in [6.07, 6.45) is 1.69. The van der Waals surface area contributed by atoms with Crippen LogP contribution < -0.4 is 11.3 Å². The van der Waals surface area contributed by atoms with E-state index in [4.69, 9.17) is 5.84 Å². The van der Waals surface area contributed by atoms with Gasteiger partial charge in [-0.3, -0.25) is 14.9 Å². The van der Waals surface area contributed by atoms with Crippen molar-refractivity contribution < 1.29 is 4.79 Å². The molecule has 0 aliphatic carbocycles. The number of benzene rings is 1. The first kappa shape index (κ1) is 12.3. The number of hydrogen-bond donors (Lipinski definition) is 2. The molecule has 0 saturated carbocycles. The highest BCUT2D eigenvalue weighted by Gasteiger charge is 2.14. The fourth-order valence-electron chi connectivity index (χ4n) is 2.20. The molecule has 100 valence electrons. The Bertz CT molecular complexity index is 793. The fraction of sp³-hybridized carbons (Fsp3) is 0.0714. The Kier molecular flexibility index (Phi) is 2.92. The summed E-state index contributed by atoms with van der Waals surface area (Å²) in [7, 11) is 1.83. The van der Waals surface area contributed by atoms with Crippen LogP contribution in [0.3, 0.4) is 0 Å². The molecular weight excluding hydrogens is 254 g/mol. The summed E-state index contributed by atoms with van der Waals surface area (Å²) >= 11 is 0. The minimum Gasteiger partial charge on any atom is -0.290 e. The van der Waals surface area contributed by atoms with Crippen LogP contribution in [0.4, 0.5) is 0 Å². The third-order valence-corrected chi connectivity index (χ3v) is 3.18. The molecule has 3 rings (SSSR count). The summed E-state index contributed by atoms with van der Waals surface area (Å²) in [6.45, 7) is 0. The molecule has 0 aliphatic rings. The van der Waals surface area contributed by atoms with E-state index in [1.165, 1.54) is 0 Å². The van der Waals surface area contributed by atoms with Crippen LogP contribution in [0.25, 0.3) is 22.3 Å². The molecule has 3 aromatic rings. The predicted molar refractivity (Wildman–Crippen MR) is 75.6 cm³/mol. The van der Waals surface area contributed by atoms with Gasteiger partial charge in [-0.1, -0.05) is 18.2 Å². The Morgan fingerprint density at radius 1 is 1.30 bits per heavy atom. The molecule has 1 aromatic carbocycles. The normalized spacial score (nSPS) is 10.7. The first-order valence-electron chi connectivity index (χ1n) is 6.10. The molecule has 2 aromatic heterocycles. The highest BCUT2D eigenvalue weighted by atomic mass is 16.2. The lowest BCUT2D eigenvalue weighted by molar-refractivity contribution is 0.0955. The lowest BCUT2D eigenvalue weighted by Crippen LogP contribution is -2.30. The number of para-hydroxylation sites is 1. The van der Waals surface area contributed by atoms with Gasteiger partial charge in [0.2, 0.25) is 0 Å². The number of amides is 1. The number of carbonyl (C=O) groups excluding carboxylic acids is 1. The molecule has 2 heterocycles. The van der Waals surface area contributed by atoms with Crippen LogP contribution >= 0.6 is 0 Å². The van der Waals surface area contributed by atoms with Gasteiger partial charge in [0.25, 0.3) is 5.91 Å². The molecule has 6 heteroatoms. The minimum atomic E-state index is -0.341. The molecule has 20 heavy (non-hydrogen) atoms. The highest BCUT2D eigenvalue weighted by Crippen LogP contribution is 2.24. The summed E-state index contributed by atoms with van der Waals surface area (Å²) in [6, 6.07) is 11.0. The van der Waals surface area contributed by atoms with Crippen LogP contribution in [0.1, 0.15) is 10.4 Å². The van der Waals surface area contributed by atoms with Crippen LogP contribution in [0.15, 0.2) is 42.6 Å². The average molecular weight is 267 g/mol. The van der Waals surface area contributed by atoms with Crippen LogP contribution in [-0.2, 0) is 7.05 Å². The number of aryl methyl sites for hydroxylation is 1. The van der Waals surface area contributed by atoms with Crippen molar-refractivity contribution in [1.29, 1.82) is 0 Å². The molecule has 1 amide bonds. The monoisotopic (exact) mass is 267 g/mol. The molecule has 0 unspecified atom stereocenters. The Morgan fingerprint density at radius 3 is 2.80 bits per heavy atom. The second-order valence-electron chi connectivity index (χ2n) is 4.39. The summed E-state index contributed by atoms with van der Waals surface area (Å²) in [5.74, 6) is 4.92. The second kappa shape index (κ2) is 4.75.